The van der Waals surface area contributed by atoms with E-state index in [0.717, 1.165) is 37.3 Å². The fourth-order valence-corrected chi connectivity index (χ4v) is 6.94. The Kier molecular flexibility index (Phi) is 3.48. The molecule has 4 bridgehead atoms. The molecule has 0 aromatic carbocycles. The smallest absolute Gasteiger partial charge is 0.318 e. The Bertz CT molecular complexity index is 656. The minimum absolute atomic E-state index is 0.111. The average molecular weight is 341 g/mol. The summed E-state index contributed by atoms with van der Waals surface area (Å²) in [4.78, 5) is 15.4. The number of carbonyl (C=O) groups excluding carboxylic acids is 1. The molecular formula is C21H31N3O. The van der Waals surface area contributed by atoms with Gasteiger partial charge in [0.15, 0.2) is 0 Å². The van der Waals surface area contributed by atoms with Crippen LogP contribution in [0, 0.1) is 24.7 Å². The number of nitrogens with one attached hydrogen (secondary N) is 1. The highest BCUT2D eigenvalue weighted by atomic mass is 16.2. The molecule has 5 aliphatic rings. The first-order valence-electron chi connectivity index (χ1n) is 10.3. The number of rotatable bonds is 2. The van der Waals surface area contributed by atoms with E-state index in [1.807, 2.05) is 0 Å². The van der Waals surface area contributed by atoms with E-state index < -0.39 is 0 Å². The zero-order valence-electron chi connectivity index (χ0n) is 15.6. The van der Waals surface area contributed by atoms with Crippen LogP contribution in [0.25, 0.3) is 0 Å². The van der Waals surface area contributed by atoms with Crippen molar-refractivity contribution in [1.29, 1.82) is 0 Å². The monoisotopic (exact) mass is 341 g/mol. The van der Waals surface area contributed by atoms with Crippen LogP contribution in [0.5, 0.6) is 0 Å². The Morgan fingerprint density at radius 1 is 1.12 bits per heavy atom. The number of aromatic nitrogens is 1. The molecule has 6 rings (SSSR count). The van der Waals surface area contributed by atoms with Gasteiger partial charge in [-0.1, -0.05) is 6.92 Å². The number of hydrogen-bond acceptors (Lipinski definition) is 1. The Labute approximate surface area is 151 Å². The van der Waals surface area contributed by atoms with E-state index in [9.17, 15) is 4.79 Å². The van der Waals surface area contributed by atoms with Crippen molar-refractivity contribution in [2.75, 3.05) is 6.54 Å². The molecule has 1 aliphatic heterocycles. The number of fused-ring (bicyclic) bond motifs is 1. The van der Waals surface area contributed by atoms with Crippen molar-refractivity contribution in [1.82, 2.24) is 14.8 Å². The van der Waals surface area contributed by atoms with Crippen LogP contribution in [-0.2, 0) is 6.54 Å². The molecule has 4 nitrogen and oxygen atoms in total. The molecule has 1 N–H and O–H groups in total. The summed E-state index contributed by atoms with van der Waals surface area (Å²) in [7, 11) is 0. The maximum Gasteiger partial charge on any atom is 0.318 e. The average Bonchev–Trinajstić information content (AvgIpc) is 2.93. The lowest BCUT2D eigenvalue weighted by molar-refractivity contribution is -0.0169. The fourth-order valence-electron chi connectivity index (χ4n) is 6.94. The van der Waals surface area contributed by atoms with Gasteiger partial charge < -0.3 is 14.8 Å². The van der Waals surface area contributed by atoms with E-state index >= 15 is 0 Å². The number of hydrogen-bond donors (Lipinski definition) is 1. The van der Waals surface area contributed by atoms with Crippen molar-refractivity contribution < 1.29 is 4.79 Å². The summed E-state index contributed by atoms with van der Waals surface area (Å²) in [6, 6.07) is 4.82. The molecule has 1 atom stereocenters. The van der Waals surface area contributed by atoms with Crippen molar-refractivity contribution >= 4 is 6.03 Å². The van der Waals surface area contributed by atoms with Gasteiger partial charge in [0, 0.05) is 30.0 Å². The van der Waals surface area contributed by atoms with Crippen molar-refractivity contribution in [3.8, 4) is 0 Å². The fraction of sp³-hybridized carbons (Fsp3) is 0.762. The lowest BCUT2D eigenvalue weighted by Gasteiger charge is -2.57. The summed E-state index contributed by atoms with van der Waals surface area (Å²) in [5.74, 6) is 2.61. The van der Waals surface area contributed by atoms with E-state index in [2.05, 4.69) is 40.8 Å². The topological polar surface area (TPSA) is 37.3 Å². The van der Waals surface area contributed by atoms with Crippen LogP contribution in [-0.4, -0.2) is 27.6 Å². The molecule has 4 saturated carbocycles. The normalized spacial score (nSPS) is 38.7. The molecule has 0 spiro atoms. The van der Waals surface area contributed by atoms with E-state index in [1.54, 1.807) is 0 Å². The Morgan fingerprint density at radius 2 is 1.76 bits per heavy atom. The number of carbonyl (C=O) groups is 1. The molecule has 2 heterocycles. The van der Waals surface area contributed by atoms with Crippen LogP contribution in [0.2, 0.25) is 0 Å². The Hall–Kier alpha value is -1.45. The maximum absolute atomic E-state index is 13.3. The molecule has 0 unspecified atom stereocenters. The van der Waals surface area contributed by atoms with Crippen LogP contribution >= 0.6 is 0 Å². The van der Waals surface area contributed by atoms with E-state index in [0.29, 0.717) is 0 Å². The molecular weight excluding hydrogens is 310 g/mol. The van der Waals surface area contributed by atoms with Crippen LogP contribution in [0.15, 0.2) is 12.1 Å². The summed E-state index contributed by atoms with van der Waals surface area (Å²) in [6.07, 6.45) is 8.92. The third kappa shape index (κ3) is 2.43. The Balaban J connectivity index is 1.36. The lowest BCUT2D eigenvalue weighted by atomic mass is 9.53. The van der Waals surface area contributed by atoms with Gasteiger partial charge in [-0.25, -0.2) is 4.79 Å². The van der Waals surface area contributed by atoms with Gasteiger partial charge >= 0.3 is 6.03 Å². The molecule has 4 heteroatoms. The van der Waals surface area contributed by atoms with E-state index in [-0.39, 0.29) is 17.6 Å². The van der Waals surface area contributed by atoms with Crippen molar-refractivity contribution in [3.63, 3.8) is 0 Å². The summed E-state index contributed by atoms with van der Waals surface area (Å²) >= 11 is 0. The highest BCUT2D eigenvalue weighted by Crippen LogP contribution is 2.55. The first-order chi connectivity index (χ1) is 12.1. The second kappa shape index (κ2) is 5.52. The van der Waals surface area contributed by atoms with Gasteiger partial charge in [-0.2, -0.15) is 0 Å². The van der Waals surface area contributed by atoms with Crippen LogP contribution in [0.4, 0.5) is 4.79 Å². The molecule has 136 valence electrons. The standard InChI is InChI=1S/C21H31N3O/c1-3-18-19-5-4-14(2)23(19)6-7-24(18)20(25)22-21-11-15-8-16(12-21)10-17(9-15)13-21/h4-5,15-18H,3,6-13H2,1-2H3,(H,22,25)/t15?,16?,17?,18-,21?/m1/s1. The largest absolute Gasteiger partial charge is 0.345 e. The SMILES string of the molecule is CC[C@@H]1c2ccc(C)n2CCN1C(=O)NC12CC3CC(CC(C3)C1)C2. The number of urea groups is 1. The van der Waals surface area contributed by atoms with Crippen molar-refractivity contribution in [2.45, 2.75) is 76.9 Å². The predicted octanol–water partition coefficient (Wildman–Crippen LogP) is 4.24. The van der Waals surface area contributed by atoms with Crippen LogP contribution in [0.3, 0.4) is 0 Å². The molecule has 25 heavy (non-hydrogen) atoms. The number of aryl methyl sites for hydroxylation is 1. The van der Waals surface area contributed by atoms with Gasteiger partial charge in [0.05, 0.1) is 6.04 Å². The zero-order chi connectivity index (χ0) is 17.2. The van der Waals surface area contributed by atoms with Gasteiger partial charge in [-0.3, -0.25) is 0 Å². The van der Waals surface area contributed by atoms with Crippen molar-refractivity contribution in [2.24, 2.45) is 17.8 Å². The van der Waals surface area contributed by atoms with Crippen LogP contribution < -0.4 is 5.32 Å². The van der Waals surface area contributed by atoms with Crippen LogP contribution in [0.1, 0.15) is 69.3 Å². The third-order valence-electron chi connectivity index (χ3n) is 7.57. The second-order valence-corrected chi connectivity index (χ2v) is 9.30. The molecule has 0 saturated heterocycles. The van der Waals surface area contributed by atoms with E-state index in [1.165, 1.54) is 49.9 Å². The van der Waals surface area contributed by atoms with Gasteiger partial charge in [-0.05, 0) is 81.8 Å². The minimum atomic E-state index is 0.111. The summed E-state index contributed by atoms with van der Waals surface area (Å²) in [6.45, 7) is 6.13. The summed E-state index contributed by atoms with van der Waals surface area (Å²) < 4.78 is 2.39. The van der Waals surface area contributed by atoms with E-state index in [4.69, 9.17) is 0 Å². The lowest BCUT2D eigenvalue weighted by Crippen LogP contribution is -2.62. The predicted molar refractivity (Wildman–Crippen MR) is 98.3 cm³/mol. The molecule has 0 radical (unpaired) electrons. The number of amides is 2. The van der Waals surface area contributed by atoms with Gasteiger partial charge in [-0.15, -0.1) is 0 Å². The molecule has 4 aliphatic carbocycles. The van der Waals surface area contributed by atoms with Gasteiger partial charge in [0.25, 0.3) is 0 Å². The minimum Gasteiger partial charge on any atom is -0.345 e. The van der Waals surface area contributed by atoms with Gasteiger partial charge in [0.2, 0.25) is 0 Å². The first-order valence-corrected chi connectivity index (χ1v) is 10.3. The third-order valence-corrected chi connectivity index (χ3v) is 7.57. The highest BCUT2D eigenvalue weighted by molar-refractivity contribution is 5.76. The number of nitrogens with zero attached hydrogens (tertiary/aromatic N) is 2. The molecule has 1 aromatic heterocycles. The van der Waals surface area contributed by atoms with Crippen molar-refractivity contribution in [3.05, 3.63) is 23.5 Å². The molecule has 4 fully saturated rings. The van der Waals surface area contributed by atoms with Gasteiger partial charge in [0.1, 0.15) is 0 Å². The molecule has 1 aromatic rings. The zero-order valence-corrected chi connectivity index (χ0v) is 15.6. The summed E-state index contributed by atoms with van der Waals surface area (Å²) in [5.41, 5.74) is 2.74. The summed E-state index contributed by atoms with van der Waals surface area (Å²) in [5, 5.41) is 3.57. The highest BCUT2D eigenvalue weighted by Gasteiger charge is 2.52. The maximum atomic E-state index is 13.3. The second-order valence-electron chi connectivity index (χ2n) is 9.30. The Morgan fingerprint density at radius 3 is 2.36 bits per heavy atom. The quantitative estimate of drug-likeness (QED) is 0.858. The first kappa shape index (κ1) is 15.8. The molecule has 2 amide bonds.